The highest BCUT2D eigenvalue weighted by Gasteiger charge is 2.24. The minimum absolute atomic E-state index is 0. The number of rotatable bonds is 8. The van der Waals surface area contributed by atoms with E-state index in [4.69, 9.17) is 4.98 Å². The Balaban J connectivity index is 0.00000300. The van der Waals surface area contributed by atoms with Gasteiger partial charge >= 0.3 is 0 Å². The average molecular weight is 436 g/mol. The van der Waals surface area contributed by atoms with Gasteiger partial charge in [0, 0.05) is 25.8 Å². The van der Waals surface area contributed by atoms with Crippen LogP contribution in [0.15, 0.2) is 24.4 Å². The summed E-state index contributed by atoms with van der Waals surface area (Å²) in [6.07, 6.45) is 1.69. The fourth-order valence-electron chi connectivity index (χ4n) is 3.44. The topological polar surface area (TPSA) is 54.3 Å². The summed E-state index contributed by atoms with van der Waals surface area (Å²) in [4.78, 5) is 22.4. The summed E-state index contributed by atoms with van der Waals surface area (Å²) >= 11 is 1.59. The molecular formula is C21H30ClN5OS. The van der Waals surface area contributed by atoms with Crippen LogP contribution in [0, 0.1) is 13.8 Å². The first-order valence-electron chi connectivity index (χ1n) is 9.92. The lowest BCUT2D eigenvalue weighted by Crippen LogP contribution is -2.39. The molecular weight excluding hydrogens is 406 g/mol. The predicted molar refractivity (Wildman–Crippen MR) is 124 cm³/mol. The number of benzene rings is 1. The van der Waals surface area contributed by atoms with Gasteiger partial charge in [0.2, 0.25) is 0 Å². The van der Waals surface area contributed by atoms with E-state index in [2.05, 4.69) is 49.8 Å². The van der Waals surface area contributed by atoms with E-state index in [9.17, 15) is 4.79 Å². The summed E-state index contributed by atoms with van der Waals surface area (Å²) in [7, 11) is 0. The van der Waals surface area contributed by atoms with E-state index >= 15 is 0 Å². The molecule has 1 aromatic carbocycles. The van der Waals surface area contributed by atoms with Gasteiger partial charge < -0.3 is 4.90 Å². The number of fused-ring (bicyclic) bond motifs is 1. The Labute approximate surface area is 182 Å². The van der Waals surface area contributed by atoms with Gasteiger partial charge in [-0.05, 0) is 57.1 Å². The number of halogens is 1. The number of hydrogen-bond donors (Lipinski definition) is 0. The highest BCUT2D eigenvalue weighted by Crippen LogP contribution is 2.32. The lowest BCUT2D eigenvalue weighted by molar-refractivity contribution is 0.0973. The first-order chi connectivity index (χ1) is 13.5. The zero-order valence-corrected chi connectivity index (χ0v) is 19.4. The number of anilines is 1. The van der Waals surface area contributed by atoms with Crippen LogP contribution in [0.4, 0.5) is 5.13 Å². The first kappa shape index (κ1) is 23.3. The summed E-state index contributed by atoms with van der Waals surface area (Å²) in [6, 6.07) is 6.08. The number of likely N-dealkylation sites (N-methyl/N-ethyl adjacent to an activating group) is 1. The molecule has 0 saturated carbocycles. The summed E-state index contributed by atoms with van der Waals surface area (Å²) in [5.74, 6) is -0.0417. The maximum absolute atomic E-state index is 13.4. The Morgan fingerprint density at radius 1 is 1.14 bits per heavy atom. The molecule has 0 fully saturated rings. The monoisotopic (exact) mass is 435 g/mol. The Bertz CT molecular complexity index is 963. The fraction of sp³-hybridized carbons (Fsp3) is 0.476. The third-order valence-corrected chi connectivity index (χ3v) is 6.09. The Morgan fingerprint density at radius 3 is 2.52 bits per heavy atom. The van der Waals surface area contributed by atoms with Crippen molar-refractivity contribution in [2.75, 3.05) is 31.1 Å². The number of amides is 1. The van der Waals surface area contributed by atoms with E-state index in [0.717, 1.165) is 40.5 Å². The van der Waals surface area contributed by atoms with Gasteiger partial charge in [-0.25, -0.2) is 4.98 Å². The van der Waals surface area contributed by atoms with Crippen molar-refractivity contribution in [2.45, 2.75) is 41.2 Å². The predicted octanol–water partition coefficient (Wildman–Crippen LogP) is 4.54. The van der Waals surface area contributed by atoms with Crippen LogP contribution in [0.1, 0.15) is 42.4 Å². The molecule has 0 aliphatic carbocycles. The molecule has 2 aromatic heterocycles. The third kappa shape index (κ3) is 4.97. The largest absolute Gasteiger partial charge is 0.302 e. The maximum Gasteiger partial charge on any atom is 0.278 e. The number of aryl methyl sites for hydroxylation is 3. The van der Waals surface area contributed by atoms with Crippen LogP contribution in [-0.2, 0) is 6.54 Å². The van der Waals surface area contributed by atoms with E-state index in [0.29, 0.717) is 18.8 Å². The van der Waals surface area contributed by atoms with Gasteiger partial charge in [-0.1, -0.05) is 31.3 Å². The van der Waals surface area contributed by atoms with Gasteiger partial charge in [-0.3, -0.25) is 14.4 Å². The van der Waals surface area contributed by atoms with Crippen LogP contribution >= 0.6 is 23.7 Å². The lowest BCUT2D eigenvalue weighted by Gasteiger charge is -2.24. The van der Waals surface area contributed by atoms with Gasteiger partial charge in [-0.2, -0.15) is 5.10 Å². The molecule has 0 saturated heterocycles. The molecule has 8 heteroatoms. The van der Waals surface area contributed by atoms with Crippen molar-refractivity contribution in [3.05, 3.63) is 41.2 Å². The van der Waals surface area contributed by atoms with Gasteiger partial charge in [0.1, 0.15) is 5.69 Å². The van der Waals surface area contributed by atoms with Crippen molar-refractivity contribution in [3.63, 3.8) is 0 Å². The van der Waals surface area contributed by atoms with Crippen molar-refractivity contribution in [1.29, 1.82) is 0 Å². The second kappa shape index (κ2) is 10.2. The zero-order chi connectivity index (χ0) is 20.3. The van der Waals surface area contributed by atoms with Crippen LogP contribution in [0.3, 0.4) is 0 Å². The van der Waals surface area contributed by atoms with E-state index < -0.39 is 0 Å². The van der Waals surface area contributed by atoms with Gasteiger partial charge in [-0.15, -0.1) is 12.4 Å². The number of carbonyl (C=O) groups excluding carboxylic acids is 1. The van der Waals surface area contributed by atoms with E-state index in [1.165, 1.54) is 5.56 Å². The molecule has 0 bridgehead atoms. The number of thiazole rings is 1. The minimum Gasteiger partial charge on any atom is -0.302 e. The first-order valence-corrected chi connectivity index (χ1v) is 10.7. The smallest absolute Gasteiger partial charge is 0.278 e. The molecule has 0 N–H and O–H groups in total. The van der Waals surface area contributed by atoms with Crippen LogP contribution in [0.25, 0.3) is 10.2 Å². The van der Waals surface area contributed by atoms with Gasteiger partial charge in [0.15, 0.2) is 5.13 Å². The molecule has 158 valence electrons. The molecule has 1 amide bonds. The highest BCUT2D eigenvalue weighted by atomic mass is 35.5. The maximum atomic E-state index is 13.4. The van der Waals surface area contributed by atoms with Crippen molar-refractivity contribution in [2.24, 2.45) is 0 Å². The Hall–Kier alpha value is -1.96. The van der Waals surface area contributed by atoms with Crippen molar-refractivity contribution in [1.82, 2.24) is 19.7 Å². The van der Waals surface area contributed by atoms with Crippen LogP contribution in [0.2, 0.25) is 0 Å². The molecule has 2 heterocycles. The van der Waals surface area contributed by atoms with Crippen molar-refractivity contribution in [3.8, 4) is 0 Å². The van der Waals surface area contributed by atoms with Crippen molar-refractivity contribution >= 4 is 45.0 Å². The second-order valence-electron chi connectivity index (χ2n) is 6.94. The fourth-order valence-corrected chi connectivity index (χ4v) is 4.61. The standard InChI is InChI=1S/C21H29N5OS.ClH/c1-6-24(7-2)11-12-25(20(27)17-9-10-22-26(17)8-3)21-23-19-16(5)13-15(4)14-18(19)28-21;/h9-10,13-14H,6-8,11-12H2,1-5H3;1H. The Kier molecular flexibility index (Phi) is 8.19. The lowest BCUT2D eigenvalue weighted by atomic mass is 10.1. The normalized spacial score (nSPS) is 11.1. The summed E-state index contributed by atoms with van der Waals surface area (Å²) in [6.45, 7) is 14.5. The van der Waals surface area contributed by atoms with Crippen molar-refractivity contribution < 1.29 is 4.79 Å². The second-order valence-corrected chi connectivity index (χ2v) is 7.95. The SMILES string of the molecule is CCN(CC)CCN(C(=O)c1ccnn1CC)c1nc2c(C)cc(C)cc2s1.Cl. The Morgan fingerprint density at radius 2 is 1.86 bits per heavy atom. The summed E-state index contributed by atoms with van der Waals surface area (Å²) in [5.41, 5.74) is 3.95. The molecule has 3 aromatic rings. The van der Waals surface area contributed by atoms with E-state index in [1.54, 1.807) is 28.3 Å². The molecule has 0 aliphatic rings. The van der Waals surface area contributed by atoms with Crippen LogP contribution in [-0.4, -0.2) is 51.8 Å². The molecule has 0 unspecified atom stereocenters. The van der Waals surface area contributed by atoms with Gasteiger partial charge in [0.25, 0.3) is 5.91 Å². The summed E-state index contributed by atoms with van der Waals surface area (Å²) in [5, 5.41) is 5.02. The molecule has 0 atom stereocenters. The average Bonchev–Trinajstić information content (AvgIpc) is 3.31. The molecule has 3 rings (SSSR count). The number of hydrogen-bond acceptors (Lipinski definition) is 5. The number of aromatic nitrogens is 3. The summed E-state index contributed by atoms with van der Waals surface area (Å²) < 4.78 is 2.87. The molecule has 29 heavy (non-hydrogen) atoms. The number of nitrogens with zero attached hydrogens (tertiary/aromatic N) is 5. The molecule has 0 spiro atoms. The van der Waals surface area contributed by atoms with Crippen LogP contribution < -0.4 is 4.90 Å². The molecule has 0 radical (unpaired) electrons. The quantitative estimate of drug-likeness (QED) is 0.521. The molecule has 6 nitrogen and oxygen atoms in total. The zero-order valence-electron chi connectivity index (χ0n) is 17.8. The number of carbonyl (C=O) groups is 1. The van der Waals surface area contributed by atoms with Gasteiger partial charge in [0.05, 0.1) is 10.2 Å². The highest BCUT2D eigenvalue weighted by molar-refractivity contribution is 7.22. The van der Waals surface area contributed by atoms with E-state index in [1.807, 2.05) is 11.8 Å². The van der Waals surface area contributed by atoms with E-state index in [-0.39, 0.29) is 18.3 Å². The third-order valence-electron chi connectivity index (χ3n) is 5.06. The van der Waals surface area contributed by atoms with Crippen LogP contribution in [0.5, 0.6) is 0 Å². The minimum atomic E-state index is -0.0417. The molecule has 0 aliphatic heterocycles.